The molecule has 1 atom stereocenters. The van der Waals surface area contributed by atoms with Gasteiger partial charge in [-0.3, -0.25) is 0 Å². The molecule has 1 heterocycles. The maximum atomic E-state index is 11.3. The van der Waals surface area contributed by atoms with Gasteiger partial charge in [0, 0.05) is 12.2 Å². The first-order valence-corrected chi connectivity index (χ1v) is 10.3. The topological polar surface area (TPSA) is 40.5 Å². The van der Waals surface area contributed by atoms with Crippen LogP contribution in [0.4, 0.5) is 5.69 Å². The average molecular weight is 346 g/mol. The van der Waals surface area contributed by atoms with Gasteiger partial charge in [0.25, 0.3) is 0 Å². The number of aryl methyl sites for hydroxylation is 1. The Hall–Kier alpha value is -1.51. The quantitative estimate of drug-likeness (QED) is 0.486. The number of hydrogen-bond donors (Lipinski definition) is 1. The number of aliphatic carboxylic acids is 1. The van der Waals surface area contributed by atoms with Crippen LogP contribution in [0.5, 0.6) is 0 Å². The van der Waals surface area contributed by atoms with Crippen LogP contribution >= 0.6 is 0 Å². The zero-order valence-electron chi connectivity index (χ0n) is 15.9. The van der Waals surface area contributed by atoms with Crippen molar-refractivity contribution in [3.8, 4) is 0 Å². The lowest BCUT2D eigenvalue weighted by Crippen LogP contribution is -2.35. The summed E-state index contributed by atoms with van der Waals surface area (Å²) < 4.78 is 0. The molecule has 2 rings (SSSR count). The summed E-state index contributed by atoms with van der Waals surface area (Å²) in [5, 5.41) is 9.31. The van der Waals surface area contributed by atoms with Crippen LogP contribution in [0, 0.1) is 0 Å². The third kappa shape index (κ3) is 6.72. The average Bonchev–Trinajstić information content (AvgIpc) is 3.11. The highest BCUT2D eigenvalue weighted by Crippen LogP contribution is 2.26. The van der Waals surface area contributed by atoms with Crippen LogP contribution in [0.2, 0.25) is 0 Å². The Morgan fingerprint density at radius 1 is 1.00 bits per heavy atom. The van der Waals surface area contributed by atoms with Gasteiger partial charge in [-0.05, 0) is 43.4 Å². The van der Waals surface area contributed by atoms with Gasteiger partial charge in [-0.2, -0.15) is 0 Å². The van der Waals surface area contributed by atoms with Crippen molar-refractivity contribution in [3.63, 3.8) is 0 Å². The summed E-state index contributed by atoms with van der Waals surface area (Å²) >= 11 is 0. The van der Waals surface area contributed by atoms with Crippen LogP contribution in [-0.4, -0.2) is 23.7 Å². The molecule has 0 unspecified atom stereocenters. The number of unbranched alkanes of at least 4 members (excludes halogenated alkanes) is 8. The van der Waals surface area contributed by atoms with E-state index in [2.05, 4.69) is 31.2 Å². The predicted octanol–water partition coefficient (Wildman–Crippen LogP) is 5.81. The monoisotopic (exact) mass is 345 g/mol. The standard InChI is InChI=1S/C22H35NO2/c1-2-3-4-5-6-7-8-9-10-12-19-14-16-20(17-15-19)23-18-11-13-21(23)22(24)25/h14-17,21H,2-13,18H2,1H3,(H,24,25)/t21-/m0/s1. The second-order valence-electron chi connectivity index (χ2n) is 7.43. The molecule has 140 valence electrons. The van der Waals surface area contributed by atoms with Crippen LogP contribution in [-0.2, 0) is 11.2 Å². The number of carbonyl (C=O) groups is 1. The van der Waals surface area contributed by atoms with Crippen LogP contribution < -0.4 is 4.90 Å². The molecule has 25 heavy (non-hydrogen) atoms. The fourth-order valence-corrected chi connectivity index (χ4v) is 3.83. The molecule has 0 aromatic heterocycles. The Bertz CT molecular complexity index is 497. The van der Waals surface area contributed by atoms with Crippen LogP contribution in [0.1, 0.15) is 83.1 Å². The summed E-state index contributed by atoms with van der Waals surface area (Å²) in [5.41, 5.74) is 2.43. The molecular formula is C22H35NO2. The Balaban J connectivity index is 1.63. The van der Waals surface area contributed by atoms with Crippen molar-refractivity contribution in [2.24, 2.45) is 0 Å². The van der Waals surface area contributed by atoms with Crippen LogP contribution in [0.3, 0.4) is 0 Å². The number of hydrogen-bond acceptors (Lipinski definition) is 2. The maximum absolute atomic E-state index is 11.3. The van der Waals surface area contributed by atoms with Gasteiger partial charge in [0.05, 0.1) is 0 Å². The first-order valence-electron chi connectivity index (χ1n) is 10.3. The lowest BCUT2D eigenvalue weighted by molar-refractivity contribution is -0.138. The third-order valence-electron chi connectivity index (χ3n) is 5.37. The molecule has 0 saturated carbocycles. The van der Waals surface area contributed by atoms with E-state index >= 15 is 0 Å². The van der Waals surface area contributed by atoms with E-state index in [-0.39, 0.29) is 6.04 Å². The van der Waals surface area contributed by atoms with Gasteiger partial charge in [-0.1, -0.05) is 70.4 Å². The van der Waals surface area contributed by atoms with Crippen molar-refractivity contribution >= 4 is 11.7 Å². The highest BCUT2D eigenvalue weighted by molar-refractivity contribution is 5.79. The first-order chi connectivity index (χ1) is 12.2. The second-order valence-corrected chi connectivity index (χ2v) is 7.43. The van der Waals surface area contributed by atoms with E-state index in [0.717, 1.165) is 31.5 Å². The zero-order chi connectivity index (χ0) is 17.9. The summed E-state index contributed by atoms with van der Waals surface area (Å²) in [5.74, 6) is -0.698. The Labute approximate surface area is 153 Å². The number of carboxylic acid groups (broad SMARTS) is 1. The SMILES string of the molecule is CCCCCCCCCCCc1ccc(N2CCC[C@H]2C(=O)O)cc1. The van der Waals surface area contributed by atoms with Crippen LogP contribution in [0.15, 0.2) is 24.3 Å². The largest absolute Gasteiger partial charge is 0.480 e. The number of benzene rings is 1. The number of anilines is 1. The van der Waals surface area contributed by atoms with E-state index in [0.29, 0.717) is 0 Å². The minimum atomic E-state index is -0.698. The molecule has 0 spiro atoms. The minimum Gasteiger partial charge on any atom is -0.480 e. The highest BCUT2D eigenvalue weighted by Gasteiger charge is 2.30. The van der Waals surface area contributed by atoms with Gasteiger partial charge in [-0.15, -0.1) is 0 Å². The number of rotatable bonds is 12. The van der Waals surface area contributed by atoms with Gasteiger partial charge in [0.2, 0.25) is 0 Å². The van der Waals surface area contributed by atoms with Gasteiger partial charge in [0.1, 0.15) is 6.04 Å². The van der Waals surface area contributed by atoms with Gasteiger partial charge < -0.3 is 10.0 Å². The first kappa shape index (κ1) is 19.8. The Morgan fingerprint density at radius 3 is 2.20 bits per heavy atom. The molecule has 1 aliphatic rings. The molecular weight excluding hydrogens is 310 g/mol. The van der Waals surface area contributed by atoms with Crippen molar-refractivity contribution in [2.75, 3.05) is 11.4 Å². The maximum Gasteiger partial charge on any atom is 0.326 e. The highest BCUT2D eigenvalue weighted by atomic mass is 16.4. The van der Waals surface area contributed by atoms with Crippen molar-refractivity contribution in [3.05, 3.63) is 29.8 Å². The van der Waals surface area contributed by atoms with Gasteiger partial charge in [-0.25, -0.2) is 4.79 Å². The summed E-state index contributed by atoms with van der Waals surface area (Å²) in [6, 6.07) is 8.21. The number of carboxylic acids is 1. The predicted molar refractivity (Wildman–Crippen MR) is 105 cm³/mol. The van der Waals surface area contributed by atoms with E-state index in [4.69, 9.17) is 0 Å². The Kier molecular flexibility index (Phi) is 8.85. The fraction of sp³-hybridized carbons (Fsp3) is 0.682. The van der Waals surface area contributed by atoms with Crippen molar-refractivity contribution < 1.29 is 9.90 Å². The van der Waals surface area contributed by atoms with E-state index in [9.17, 15) is 9.90 Å². The molecule has 0 bridgehead atoms. The van der Waals surface area contributed by atoms with E-state index in [1.807, 2.05) is 4.90 Å². The second kappa shape index (κ2) is 11.2. The molecule has 1 saturated heterocycles. The van der Waals surface area contributed by atoms with Gasteiger partial charge in [0.15, 0.2) is 0 Å². The summed E-state index contributed by atoms with van der Waals surface area (Å²) in [7, 11) is 0. The minimum absolute atomic E-state index is 0.344. The lowest BCUT2D eigenvalue weighted by atomic mass is 10.0. The molecule has 1 aromatic rings. The molecule has 3 heteroatoms. The van der Waals surface area contributed by atoms with Crippen molar-refractivity contribution in [2.45, 2.75) is 90.0 Å². The van der Waals surface area contributed by atoms with Crippen molar-refractivity contribution in [1.82, 2.24) is 0 Å². The zero-order valence-corrected chi connectivity index (χ0v) is 15.9. The molecule has 1 aliphatic heterocycles. The normalized spacial score (nSPS) is 17.2. The van der Waals surface area contributed by atoms with E-state index < -0.39 is 5.97 Å². The molecule has 0 radical (unpaired) electrons. The van der Waals surface area contributed by atoms with Crippen molar-refractivity contribution in [1.29, 1.82) is 0 Å². The number of nitrogens with zero attached hydrogens (tertiary/aromatic N) is 1. The molecule has 0 aliphatic carbocycles. The third-order valence-corrected chi connectivity index (χ3v) is 5.37. The van der Waals surface area contributed by atoms with E-state index in [1.54, 1.807) is 0 Å². The Morgan fingerprint density at radius 2 is 1.60 bits per heavy atom. The summed E-state index contributed by atoms with van der Waals surface area (Å²) in [4.78, 5) is 13.3. The van der Waals surface area contributed by atoms with Gasteiger partial charge >= 0.3 is 5.97 Å². The summed E-state index contributed by atoms with van der Waals surface area (Å²) in [6.07, 6.45) is 15.1. The summed E-state index contributed by atoms with van der Waals surface area (Å²) in [6.45, 7) is 3.12. The molecule has 1 N–H and O–H groups in total. The fourth-order valence-electron chi connectivity index (χ4n) is 3.83. The molecule has 0 amide bonds. The smallest absolute Gasteiger partial charge is 0.326 e. The van der Waals surface area contributed by atoms with Crippen LogP contribution in [0.25, 0.3) is 0 Å². The lowest BCUT2D eigenvalue weighted by Gasteiger charge is -2.23. The molecule has 1 aromatic carbocycles. The van der Waals surface area contributed by atoms with E-state index in [1.165, 1.54) is 63.4 Å². The molecule has 1 fully saturated rings. The molecule has 3 nitrogen and oxygen atoms in total.